The lowest BCUT2D eigenvalue weighted by molar-refractivity contribution is -0.142. The van der Waals surface area contributed by atoms with Crippen LogP contribution in [0.3, 0.4) is 0 Å². The molecule has 1 atom stereocenters. The van der Waals surface area contributed by atoms with Gasteiger partial charge >= 0.3 is 5.97 Å². The first-order chi connectivity index (χ1) is 9.38. The standard InChI is InChI=1S/C14H14ClNO4/c1-8(2)7-16-10-5-9(15)3-4-11(10)20-12(14(16)19)6-13(17)18/h3-5,12H,1,6-7H2,2H3,(H,17,18). The lowest BCUT2D eigenvalue weighted by Crippen LogP contribution is -2.47. The molecule has 1 unspecified atom stereocenters. The molecule has 0 radical (unpaired) electrons. The summed E-state index contributed by atoms with van der Waals surface area (Å²) in [5, 5.41) is 9.33. The average Bonchev–Trinajstić information content (AvgIpc) is 2.34. The van der Waals surface area contributed by atoms with Gasteiger partial charge in [0.1, 0.15) is 5.75 Å². The summed E-state index contributed by atoms with van der Waals surface area (Å²) < 4.78 is 5.46. The number of hydrogen-bond acceptors (Lipinski definition) is 3. The Morgan fingerprint density at radius 1 is 1.55 bits per heavy atom. The van der Waals surface area contributed by atoms with Crippen molar-refractivity contribution >= 4 is 29.2 Å². The topological polar surface area (TPSA) is 66.8 Å². The predicted octanol–water partition coefficient (Wildman–Crippen LogP) is 2.48. The molecule has 106 valence electrons. The largest absolute Gasteiger partial charge is 0.481 e. The number of anilines is 1. The van der Waals surface area contributed by atoms with E-state index in [1.165, 1.54) is 4.90 Å². The Kier molecular flexibility index (Phi) is 3.99. The van der Waals surface area contributed by atoms with E-state index < -0.39 is 18.0 Å². The number of rotatable bonds is 4. The zero-order chi connectivity index (χ0) is 14.9. The zero-order valence-electron chi connectivity index (χ0n) is 10.9. The number of carbonyl (C=O) groups is 2. The Morgan fingerprint density at radius 2 is 2.25 bits per heavy atom. The van der Waals surface area contributed by atoms with Crippen LogP contribution < -0.4 is 9.64 Å². The highest BCUT2D eigenvalue weighted by atomic mass is 35.5. The normalized spacial score (nSPS) is 17.4. The van der Waals surface area contributed by atoms with E-state index >= 15 is 0 Å². The maximum Gasteiger partial charge on any atom is 0.307 e. The third-order valence-corrected chi connectivity index (χ3v) is 3.05. The van der Waals surface area contributed by atoms with E-state index in [9.17, 15) is 9.59 Å². The van der Waals surface area contributed by atoms with E-state index in [2.05, 4.69) is 6.58 Å². The van der Waals surface area contributed by atoms with Crippen LogP contribution in [0, 0.1) is 0 Å². The van der Waals surface area contributed by atoms with E-state index in [-0.39, 0.29) is 6.42 Å². The third kappa shape index (κ3) is 2.93. The first-order valence-corrected chi connectivity index (χ1v) is 6.40. The summed E-state index contributed by atoms with van der Waals surface area (Å²) in [7, 11) is 0. The molecule has 0 fully saturated rings. The molecule has 0 aliphatic carbocycles. The molecule has 2 rings (SSSR count). The second-order valence-corrected chi connectivity index (χ2v) is 5.13. The highest BCUT2D eigenvalue weighted by Crippen LogP contribution is 2.37. The Hall–Kier alpha value is -2.01. The lowest BCUT2D eigenvalue weighted by Gasteiger charge is -2.34. The molecule has 0 spiro atoms. The van der Waals surface area contributed by atoms with Crippen LogP contribution in [-0.4, -0.2) is 29.6 Å². The highest BCUT2D eigenvalue weighted by molar-refractivity contribution is 6.31. The molecule has 1 heterocycles. The number of carbonyl (C=O) groups excluding carboxylic acids is 1. The Labute approximate surface area is 121 Å². The van der Waals surface area contributed by atoms with Crippen LogP contribution in [0.1, 0.15) is 13.3 Å². The van der Waals surface area contributed by atoms with Gasteiger partial charge < -0.3 is 14.7 Å². The first-order valence-electron chi connectivity index (χ1n) is 6.02. The van der Waals surface area contributed by atoms with Crippen molar-refractivity contribution in [3.05, 3.63) is 35.4 Å². The number of aliphatic carboxylic acids is 1. The van der Waals surface area contributed by atoms with Gasteiger partial charge in [-0.05, 0) is 25.1 Å². The summed E-state index contributed by atoms with van der Waals surface area (Å²) in [6.45, 7) is 5.87. The molecule has 6 heteroatoms. The van der Waals surface area contributed by atoms with Crippen LogP contribution in [-0.2, 0) is 9.59 Å². The van der Waals surface area contributed by atoms with Gasteiger partial charge in [-0.2, -0.15) is 0 Å². The fourth-order valence-electron chi connectivity index (χ4n) is 2.02. The average molecular weight is 296 g/mol. The Balaban J connectivity index is 2.41. The third-order valence-electron chi connectivity index (χ3n) is 2.81. The van der Waals surface area contributed by atoms with Gasteiger partial charge in [0.25, 0.3) is 5.91 Å². The molecule has 20 heavy (non-hydrogen) atoms. The summed E-state index contributed by atoms with van der Waals surface area (Å²) in [5.74, 6) is -1.04. The molecule has 1 aromatic carbocycles. The van der Waals surface area contributed by atoms with Crippen LogP contribution in [0.5, 0.6) is 5.75 Å². The number of nitrogens with zero attached hydrogens (tertiary/aromatic N) is 1. The number of amides is 1. The first kappa shape index (κ1) is 14.4. The fourth-order valence-corrected chi connectivity index (χ4v) is 2.18. The monoisotopic (exact) mass is 295 g/mol. The molecule has 0 saturated heterocycles. The lowest BCUT2D eigenvalue weighted by atomic mass is 10.1. The smallest absolute Gasteiger partial charge is 0.307 e. The summed E-state index contributed by atoms with van der Waals surface area (Å²) >= 11 is 5.94. The number of fused-ring (bicyclic) bond motifs is 1. The molecular formula is C14H14ClNO4. The molecule has 0 aromatic heterocycles. The number of hydrogen-bond donors (Lipinski definition) is 1. The van der Waals surface area contributed by atoms with Crippen molar-refractivity contribution in [1.82, 2.24) is 0 Å². The van der Waals surface area contributed by atoms with E-state index in [4.69, 9.17) is 21.4 Å². The quantitative estimate of drug-likeness (QED) is 0.867. The van der Waals surface area contributed by atoms with Crippen LogP contribution >= 0.6 is 11.6 Å². The number of benzene rings is 1. The summed E-state index contributed by atoms with van der Waals surface area (Å²) in [6.07, 6.45) is -1.41. The molecule has 1 aliphatic heterocycles. The molecule has 1 aromatic rings. The zero-order valence-corrected chi connectivity index (χ0v) is 11.7. The molecule has 5 nitrogen and oxygen atoms in total. The second-order valence-electron chi connectivity index (χ2n) is 4.70. The fraction of sp³-hybridized carbons (Fsp3) is 0.286. The molecule has 1 amide bonds. The van der Waals surface area contributed by atoms with Crippen molar-refractivity contribution in [3.63, 3.8) is 0 Å². The van der Waals surface area contributed by atoms with Crippen molar-refractivity contribution < 1.29 is 19.4 Å². The minimum atomic E-state index is -1.09. The maximum absolute atomic E-state index is 12.3. The molecular weight excluding hydrogens is 282 g/mol. The maximum atomic E-state index is 12.3. The Morgan fingerprint density at radius 3 is 2.85 bits per heavy atom. The molecule has 0 bridgehead atoms. The van der Waals surface area contributed by atoms with Gasteiger partial charge in [0.15, 0.2) is 6.10 Å². The number of halogens is 1. The summed E-state index contributed by atoms with van der Waals surface area (Å²) in [4.78, 5) is 24.6. The molecule has 1 aliphatic rings. The SMILES string of the molecule is C=C(C)CN1C(=O)C(CC(=O)O)Oc2ccc(Cl)cc21. The van der Waals surface area contributed by atoms with Crippen LogP contribution in [0.4, 0.5) is 5.69 Å². The van der Waals surface area contributed by atoms with Gasteiger partial charge in [-0.15, -0.1) is 0 Å². The van der Waals surface area contributed by atoms with Crippen LogP contribution in [0.15, 0.2) is 30.4 Å². The predicted molar refractivity (Wildman–Crippen MR) is 75.3 cm³/mol. The van der Waals surface area contributed by atoms with Gasteiger partial charge in [-0.3, -0.25) is 9.59 Å². The molecule has 0 saturated carbocycles. The number of ether oxygens (including phenoxy) is 1. The van der Waals surface area contributed by atoms with E-state index in [0.29, 0.717) is 23.0 Å². The summed E-state index contributed by atoms with van der Waals surface area (Å²) in [5.41, 5.74) is 1.31. The van der Waals surface area contributed by atoms with Gasteiger partial charge in [-0.1, -0.05) is 23.8 Å². The minimum absolute atomic E-state index is 0.297. The van der Waals surface area contributed by atoms with Gasteiger partial charge in [0, 0.05) is 11.6 Å². The summed E-state index contributed by atoms with van der Waals surface area (Å²) in [6, 6.07) is 4.88. The van der Waals surface area contributed by atoms with Crippen molar-refractivity contribution in [3.8, 4) is 5.75 Å². The van der Waals surface area contributed by atoms with Crippen molar-refractivity contribution in [2.24, 2.45) is 0 Å². The van der Waals surface area contributed by atoms with Crippen molar-refractivity contribution in [2.75, 3.05) is 11.4 Å². The van der Waals surface area contributed by atoms with Gasteiger partial charge in [0.2, 0.25) is 0 Å². The van der Waals surface area contributed by atoms with Crippen molar-refractivity contribution in [1.29, 1.82) is 0 Å². The van der Waals surface area contributed by atoms with E-state index in [0.717, 1.165) is 5.57 Å². The van der Waals surface area contributed by atoms with Crippen LogP contribution in [0.25, 0.3) is 0 Å². The second kappa shape index (κ2) is 5.54. The van der Waals surface area contributed by atoms with Gasteiger partial charge in [-0.25, -0.2) is 0 Å². The highest BCUT2D eigenvalue weighted by Gasteiger charge is 2.35. The van der Waals surface area contributed by atoms with Crippen molar-refractivity contribution in [2.45, 2.75) is 19.4 Å². The Bertz CT molecular complexity index is 585. The number of carboxylic acid groups (broad SMARTS) is 1. The van der Waals surface area contributed by atoms with Crippen LogP contribution in [0.2, 0.25) is 5.02 Å². The van der Waals surface area contributed by atoms with Gasteiger partial charge in [0.05, 0.1) is 12.1 Å². The van der Waals surface area contributed by atoms with E-state index in [1.807, 2.05) is 0 Å². The van der Waals surface area contributed by atoms with E-state index in [1.54, 1.807) is 25.1 Å². The number of carboxylic acids is 1. The minimum Gasteiger partial charge on any atom is -0.481 e. The molecule has 1 N–H and O–H groups in total.